The highest BCUT2D eigenvalue weighted by molar-refractivity contribution is 5.65. The molecule has 32 heavy (non-hydrogen) atoms. The lowest BCUT2D eigenvalue weighted by Crippen LogP contribution is -2.48. The number of aromatic nitrogens is 3. The minimum absolute atomic E-state index is 0.0222. The van der Waals surface area contributed by atoms with E-state index in [0.717, 1.165) is 16.9 Å². The van der Waals surface area contributed by atoms with Crippen LogP contribution >= 0.6 is 0 Å². The molecule has 1 heterocycles. The fourth-order valence-electron chi connectivity index (χ4n) is 3.64. The zero-order valence-electron chi connectivity index (χ0n) is 17.9. The van der Waals surface area contributed by atoms with Gasteiger partial charge in [0, 0.05) is 24.3 Å². The third-order valence-corrected chi connectivity index (χ3v) is 5.66. The zero-order chi connectivity index (χ0) is 22.7. The van der Waals surface area contributed by atoms with Gasteiger partial charge in [-0.15, -0.1) is 10.2 Å². The summed E-state index contributed by atoms with van der Waals surface area (Å²) in [6, 6.07) is 15.8. The van der Waals surface area contributed by atoms with Gasteiger partial charge in [-0.1, -0.05) is 38.1 Å². The summed E-state index contributed by atoms with van der Waals surface area (Å²) in [6.07, 6.45) is 1.85. The Morgan fingerprint density at radius 1 is 1.03 bits per heavy atom. The van der Waals surface area contributed by atoms with Crippen LogP contribution in [-0.2, 0) is 5.41 Å². The number of hydrogen-bond acceptors (Lipinski definition) is 7. The molecular weight excluding hydrogens is 410 g/mol. The summed E-state index contributed by atoms with van der Waals surface area (Å²) in [4.78, 5) is 14.5. The highest BCUT2D eigenvalue weighted by Crippen LogP contribution is 2.34. The molecule has 1 amide bonds. The molecule has 1 aliphatic rings. The summed E-state index contributed by atoms with van der Waals surface area (Å²) in [5, 5.41) is 18.7. The summed E-state index contributed by atoms with van der Waals surface area (Å²) in [7, 11) is 0. The van der Waals surface area contributed by atoms with Crippen LogP contribution in [0.3, 0.4) is 0 Å². The molecule has 1 aliphatic carbocycles. The Balaban J connectivity index is 1.37. The molecule has 4 N–H and O–H groups in total. The number of rotatable bonds is 7. The molecule has 0 radical (unpaired) electrons. The Labute approximate surface area is 185 Å². The van der Waals surface area contributed by atoms with Gasteiger partial charge in [-0.05, 0) is 35.4 Å². The number of nitrogens with one attached hydrogen (secondary N) is 1. The van der Waals surface area contributed by atoms with Gasteiger partial charge in [-0.25, -0.2) is 9.78 Å². The third-order valence-electron chi connectivity index (χ3n) is 5.66. The molecule has 9 nitrogen and oxygen atoms in total. The van der Waals surface area contributed by atoms with Crippen molar-refractivity contribution in [2.75, 3.05) is 5.73 Å². The van der Waals surface area contributed by atoms with E-state index in [4.69, 9.17) is 20.3 Å². The van der Waals surface area contributed by atoms with Crippen LogP contribution in [-0.4, -0.2) is 38.5 Å². The second kappa shape index (κ2) is 8.70. The van der Waals surface area contributed by atoms with Crippen LogP contribution in [0.4, 0.5) is 10.7 Å². The van der Waals surface area contributed by atoms with Crippen LogP contribution in [0.2, 0.25) is 0 Å². The molecule has 3 aromatic rings. The molecule has 166 valence electrons. The third kappa shape index (κ3) is 4.88. The predicted octanol–water partition coefficient (Wildman–Crippen LogP) is 3.75. The van der Waals surface area contributed by atoms with Gasteiger partial charge in [0.1, 0.15) is 17.6 Å². The van der Waals surface area contributed by atoms with Gasteiger partial charge in [0.15, 0.2) is 0 Å². The fourth-order valence-corrected chi connectivity index (χ4v) is 3.64. The van der Waals surface area contributed by atoms with Crippen LogP contribution in [0.5, 0.6) is 17.4 Å². The van der Waals surface area contributed by atoms with Gasteiger partial charge in [-0.2, -0.15) is 0 Å². The monoisotopic (exact) mass is 435 g/mol. The molecule has 2 aromatic carbocycles. The normalized spacial score (nSPS) is 17.8. The number of anilines is 1. The summed E-state index contributed by atoms with van der Waals surface area (Å²) >= 11 is 0. The van der Waals surface area contributed by atoms with Crippen LogP contribution in [0.25, 0.3) is 0 Å². The van der Waals surface area contributed by atoms with Gasteiger partial charge >= 0.3 is 6.09 Å². The van der Waals surface area contributed by atoms with Crippen LogP contribution in [0.15, 0.2) is 54.7 Å². The SMILES string of the molecule is CC(C)(c1ccc(Oc2cnc(N)nn2)cc1)c1ccc(O[C@H]2C[C@H](NC(=O)O)C2)cc1. The van der Waals surface area contributed by atoms with Gasteiger partial charge in [0.05, 0.1) is 6.20 Å². The summed E-state index contributed by atoms with van der Waals surface area (Å²) in [5.41, 5.74) is 7.48. The topological polar surface area (TPSA) is 132 Å². The molecule has 1 saturated carbocycles. The van der Waals surface area contributed by atoms with Gasteiger partial charge < -0.3 is 25.6 Å². The average molecular weight is 435 g/mol. The summed E-state index contributed by atoms with van der Waals surface area (Å²) in [6.45, 7) is 4.31. The first kappa shape index (κ1) is 21.4. The van der Waals surface area contributed by atoms with Crippen molar-refractivity contribution in [2.24, 2.45) is 0 Å². The van der Waals surface area contributed by atoms with Crippen molar-refractivity contribution in [1.29, 1.82) is 0 Å². The Hall–Kier alpha value is -3.88. The molecule has 0 saturated heterocycles. The Bertz CT molecular complexity index is 1060. The van der Waals surface area contributed by atoms with Crippen LogP contribution in [0, 0.1) is 0 Å². The van der Waals surface area contributed by atoms with Crippen molar-refractivity contribution in [3.8, 4) is 17.4 Å². The number of nitrogens with two attached hydrogens (primary N) is 1. The highest BCUT2D eigenvalue weighted by atomic mass is 16.5. The van der Waals surface area contributed by atoms with E-state index in [1.165, 1.54) is 6.20 Å². The summed E-state index contributed by atoms with van der Waals surface area (Å²) in [5.74, 6) is 1.78. The van der Waals surface area contributed by atoms with Crippen molar-refractivity contribution >= 4 is 12.0 Å². The van der Waals surface area contributed by atoms with Crippen molar-refractivity contribution in [3.05, 3.63) is 65.9 Å². The first-order valence-corrected chi connectivity index (χ1v) is 10.3. The Morgan fingerprint density at radius 2 is 1.62 bits per heavy atom. The Morgan fingerprint density at radius 3 is 2.16 bits per heavy atom. The van der Waals surface area contributed by atoms with E-state index in [9.17, 15) is 4.79 Å². The molecule has 1 fully saturated rings. The maximum atomic E-state index is 10.7. The Kier molecular flexibility index (Phi) is 5.81. The lowest BCUT2D eigenvalue weighted by molar-refractivity contribution is 0.0833. The predicted molar refractivity (Wildman–Crippen MR) is 118 cm³/mol. The number of amides is 1. The van der Waals surface area contributed by atoms with E-state index in [2.05, 4.69) is 46.5 Å². The van der Waals surface area contributed by atoms with E-state index in [-0.39, 0.29) is 29.4 Å². The minimum Gasteiger partial charge on any atom is -0.490 e. The average Bonchev–Trinajstić information content (AvgIpc) is 2.74. The van der Waals surface area contributed by atoms with Crippen molar-refractivity contribution < 1.29 is 19.4 Å². The van der Waals surface area contributed by atoms with E-state index in [1.807, 2.05) is 36.4 Å². The van der Waals surface area contributed by atoms with Gasteiger partial charge in [0.25, 0.3) is 5.88 Å². The second-order valence-corrected chi connectivity index (χ2v) is 8.29. The van der Waals surface area contributed by atoms with E-state index in [0.29, 0.717) is 18.6 Å². The molecule has 0 bridgehead atoms. The molecular formula is C23H25N5O4. The first-order valence-electron chi connectivity index (χ1n) is 10.3. The zero-order valence-corrected chi connectivity index (χ0v) is 17.9. The van der Waals surface area contributed by atoms with Gasteiger partial charge in [-0.3, -0.25) is 0 Å². The number of nitrogen functional groups attached to an aromatic ring is 1. The molecule has 0 atom stereocenters. The number of ether oxygens (including phenoxy) is 2. The fraction of sp³-hybridized carbons (Fsp3) is 0.304. The number of carboxylic acid groups (broad SMARTS) is 1. The number of benzene rings is 2. The van der Waals surface area contributed by atoms with E-state index >= 15 is 0 Å². The van der Waals surface area contributed by atoms with Crippen molar-refractivity contribution in [2.45, 2.75) is 44.2 Å². The largest absolute Gasteiger partial charge is 0.490 e. The quantitative estimate of drug-likeness (QED) is 0.511. The molecule has 0 spiro atoms. The molecule has 1 aromatic heterocycles. The number of nitrogens with zero attached hydrogens (tertiary/aromatic N) is 3. The molecule has 4 rings (SSSR count). The standard InChI is InChI=1S/C23H25N5O4/c1-23(2,15-5-9-18(10-6-15)32-20-13-25-21(24)28-27-20)14-3-7-17(8-4-14)31-19-11-16(12-19)26-22(29)30/h3-10,13,16,19,26H,11-12H2,1-2H3,(H,29,30)(H2,24,25,28)/t16-,19-. The molecule has 0 aliphatic heterocycles. The number of hydrogen-bond donors (Lipinski definition) is 3. The first-order chi connectivity index (χ1) is 15.3. The maximum Gasteiger partial charge on any atom is 0.404 e. The number of carbonyl (C=O) groups is 1. The van der Waals surface area contributed by atoms with E-state index in [1.54, 1.807) is 0 Å². The van der Waals surface area contributed by atoms with Crippen LogP contribution in [0.1, 0.15) is 37.8 Å². The molecule has 9 heteroatoms. The van der Waals surface area contributed by atoms with Gasteiger partial charge in [0.2, 0.25) is 5.95 Å². The lowest BCUT2D eigenvalue weighted by atomic mass is 9.78. The minimum atomic E-state index is -0.990. The highest BCUT2D eigenvalue weighted by Gasteiger charge is 2.32. The maximum absolute atomic E-state index is 10.7. The van der Waals surface area contributed by atoms with Crippen molar-refractivity contribution in [1.82, 2.24) is 20.5 Å². The smallest absolute Gasteiger partial charge is 0.404 e. The van der Waals surface area contributed by atoms with Crippen molar-refractivity contribution in [3.63, 3.8) is 0 Å². The van der Waals surface area contributed by atoms with Crippen LogP contribution < -0.4 is 20.5 Å². The lowest BCUT2D eigenvalue weighted by Gasteiger charge is -2.35. The molecule has 0 unspecified atom stereocenters. The summed E-state index contributed by atoms with van der Waals surface area (Å²) < 4.78 is 11.6. The van der Waals surface area contributed by atoms with E-state index < -0.39 is 6.09 Å². The second-order valence-electron chi connectivity index (χ2n) is 8.29.